The minimum atomic E-state index is 0. The molecule has 0 amide bonds. The first-order chi connectivity index (χ1) is 13.3. The molecule has 1 aromatic heterocycles. The third kappa shape index (κ3) is 6.50. The van der Waals surface area contributed by atoms with Gasteiger partial charge in [0.05, 0.1) is 6.61 Å². The zero-order valence-corrected chi connectivity index (χ0v) is 18.9. The summed E-state index contributed by atoms with van der Waals surface area (Å²) in [6, 6.07) is 9.99. The smallest absolute Gasteiger partial charge is 0.225 e. The van der Waals surface area contributed by atoms with Gasteiger partial charge in [-0.3, -0.25) is 4.99 Å². The number of anilines is 1. The molecule has 0 bridgehead atoms. The third-order valence-corrected chi connectivity index (χ3v) is 4.52. The van der Waals surface area contributed by atoms with E-state index in [9.17, 15) is 0 Å². The molecule has 0 aliphatic carbocycles. The molecule has 1 fully saturated rings. The monoisotopic (exact) mass is 496 g/mol. The van der Waals surface area contributed by atoms with Crippen molar-refractivity contribution in [3.05, 3.63) is 48.3 Å². The molecule has 8 heteroatoms. The number of halogens is 1. The van der Waals surface area contributed by atoms with Crippen molar-refractivity contribution in [2.75, 3.05) is 51.3 Å². The predicted molar refractivity (Wildman–Crippen MR) is 124 cm³/mol. The molecule has 0 saturated carbocycles. The maximum Gasteiger partial charge on any atom is 0.225 e. The summed E-state index contributed by atoms with van der Waals surface area (Å²) in [6.45, 7) is 7.18. The summed E-state index contributed by atoms with van der Waals surface area (Å²) in [4.78, 5) is 17.6. The van der Waals surface area contributed by atoms with Crippen molar-refractivity contribution in [2.24, 2.45) is 4.99 Å². The van der Waals surface area contributed by atoms with E-state index in [2.05, 4.69) is 49.1 Å². The summed E-state index contributed by atoms with van der Waals surface area (Å²) in [5.74, 6) is 2.66. The zero-order valence-electron chi connectivity index (χ0n) is 16.5. The lowest BCUT2D eigenvalue weighted by atomic mass is 10.2. The van der Waals surface area contributed by atoms with Crippen molar-refractivity contribution >= 4 is 35.9 Å². The van der Waals surface area contributed by atoms with Crippen molar-refractivity contribution in [3.8, 4) is 5.75 Å². The number of aryl methyl sites for hydroxylation is 1. The van der Waals surface area contributed by atoms with Crippen LogP contribution in [0.15, 0.2) is 47.7 Å². The Balaban J connectivity index is 0.00000280. The fourth-order valence-electron chi connectivity index (χ4n) is 3.00. The van der Waals surface area contributed by atoms with Gasteiger partial charge >= 0.3 is 0 Å². The molecule has 1 aromatic carbocycles. The lowest BCUT2D eigenvalue weighted by Crippen LogP contribution is -2.53. The van der Waals surface area contributed by atoms with Gasteiger partial charge in [-0.25, -0.2) is 9.97 Å². The first-order valence-electron chi connectivity index (χ1n) is 9.43. The number of piperazine rings is 1. The number of hydrogen-bond acceptors (Lipinski definition) is 5. The topological polar surface area (TPSA) is 65.9 Å². The number of nitrogens with one attached hydrogen (secondary N) is 1. The molecule has 1 N–H and O–H groups in total. The summed E-state index contributed by atoms with van der Waals surface area (Å²) in [5, 5.41) is 3.44. The van der Waals surface area contributed by atoms with Crippen LogP contribution in [-0.2, 0) is 0 Å². The molecule has 0 atom stereocenters. The minimum absolute atomic E-state index is 0. The van der Waals surface area contributed by atoms with Crippen LogP contribution in [0.1, 0.15) is 12.0 Å². The van der Waals surface area contributed by atoms with E-state index in [1.807, 2.05) is 25.2 Å². The Labute approximate surface area is 184 Å². The van der Waals surface area contributed by atoms with E-state index in [1.54, 1.807) is 12.4 Å². The van der Waals surface area contributed by atoms with Gasteiger partial charge in [-0.05, 0) is 31.5 Å². The van der Waals surface area contributed by atoms with Gasteiger partial charge in [0.2, 0.25) is 5.95 Å². The second kappa shape index (κ2) is 11.7. The number of aliphatic imine (C=N–C) groups is 1. The molecule has 3 rings (SSSR count). The van der Waals surface area contributed by atoms with Crippen LogP contribution in [0, 0.1) is 6.92 Å². The average molecular weight is 496 g/mol. The summed E-state index contributed by atoms with van der Waals surface area (Å²) >= 11 is 0. The highest BCUT2D eigenvalue weighted by molar-refractivity contribution is 14.0. The highest BCUT2D eigenvalue weighted by Gasteiger charge is 2.20. The highest BCUT2D eigenvalue weighted by atomic mass is 127. The Hall–Kier alpha value is -2.10. The molecular formula is C20H29IN6O. The summed E-state index contributed by atoms with van der Waals surface area (Å²) in [5.41, 5.74) is 1.24. The molecule has 2 aromatic rings. The number of hydrogen-bond donors (Lipinski definition) is 1. The summed E-state index contributed by atoms with van der Waals surface area (Å²) in [7, 11) is 1.83. The summed E-state index contributed by atoms with van der Waals surface area (Å²) in [6.07, 6.45) is 4.49. The second-order valence-corrected chi connectivity index (χ2v) is 6.51. The molecule has 1 saturated heterocycles. The molecule has 0 unspecified atom stereocenters. The van der Waals surface area contributed by atoms with Gasteiger partial charge in [0.1, 0.15) is 5.75 Å². The normalized spacial score (nSPS) is 14.4. The van der Waals surface area contributed by atoms with Gasteiger partial charge in [-0.2, -0.15) is 0 Å². The number of aromatic nitrogens is 2. The molecule has 1 aliphatic rings. The van der Waals surface area contributed by atoms with E-state index < -0.39 is 0 Å². The standard InChI is InChI=1S/C20H28N6O.HI/c1-17-5-7-18(8-6-17)27-16-4-11-22-19(21-2)25-12-14-26(15-13-25)20-23-9-3-10-24-20;/h3,5-10H,4,11-16H2,1-2H3,(H,21,22);1H. The number of ether oxygens (including phenoxy) is 1. The van der Waals surface area contributed by atoms with Gasteiger partial charge in [0, 0.05) is 52.2 Å². The average Bonchev–Trinajstić information content (AvgIpc) is 2.73. The van der Waals surface area contributed by atoms with Gasteiger partial charge in [0.15, 0.2) is 5.96 Å². The summed E-state index contributed by atoms with van der Waals surface area (Å²) < 4.78 is 5.77. The SMILES string of the molecule is CN=C(NCCCOc1ccc(C)cc1)N1CCN(c2ncccn2)CC1.I. The first kappa shape index (κ1) is 22.2. The van der Waals surface area contributed by atoms with E-state index in [4.69, 9.17) is 4.74 Å². The number of benzene rings is 1. The van der Waals surface area contributed by atoms with Crippen LogP contribution in [0.5, 0.6) is 5.75 Å². The fraction of sp³-hybridized carbons (Fsp3) is 0.450. The Bertz CT molecular complexity index is 717. The largest absolute Gasteiger partial charge is 0.494 e. The molecule has 28 heavy (non-hydrogen) atoms. The Morgan fingerprint density at radius 3 is 2.43 bits per heavy atom. The zero-order chi connectivity index (χ0) is 18.9. The Morgan fingerprint density at radius 1 is 1.11 bits per heavy atom. The van der Waals surface area contributed by atoms with Crippen LogP contribution >= 0.6 is 24.0 Å². The van der Waals surface area contributed by atoms with E-state index in [0.29, 0.717) is 6.61 Å². The molecular weight excluding hydrogens is 467 g/mol. The van der Waals surface area contributed by atoms with Gasteiger partial charge in [-0.1, -0.05) is 17.7 Å². The molecule has 0 spiro atoms. The molecule has 1 aliphatic heterocycles. The van der Waals surface area contributed by atoms with Crippen LogP contribution in [0.2, 0.25) is 0 Å². The quantitative estimate of drug-likeness (QED) is 0.287. The molecule has 0 radical (unpaired) electrons. The number of nitrogens with zero attached hydrogens (tertiary/aromatic N) is 5. The Kier molecular flexibility index (Phi) is 9.26. The molecule has 7 nitrogen and oxygen atoms in total. The third-order valence-electron chi connectivity index (χ3n) is 4.52. The number of guanidine groups is 1. The molecule has 2 heterocycles. The van der Waals surface area contributed by atoms with Crippen molar-refractivity contribution < 1.29 is 4.74 Å². The maximum absolute atomic E-state index is 5.77. The van der Waals surface area contributed by atoms with Crippen LogP contribution in [0.3, 0.4) is 0 Å². The van der Waals surface area contributed by atoms with Gasteiger partial charge in [-0.15, -0.1) is 24.0 Å². The van der Waals surface area contributed by atoms with E-state index in [-0.39, 0.29) is 24.0 Å². The fourth-order valence-corrected chi connectivity index (χ4v) is 3.00. The van der Waals surface area contributed by atoms with Crippen LogP contribution in [0.4, 0.5) is 5.95 Å². The van der Waals surface area contributed by atoms with Crippen molar-refractivity contribution in [1.29, 1.82) is 0 Å². The van der Waals surface area contributed by atoms with E-state index in [1.165, 1.54) is 5.56 Å². The van der Waals surface area contributed by atoms with Crippen molar-refractivity contribution in [3.63, 3.8) is 0 Å². The molecule has 152 valence electrons. The van der Waals surface area contributed by atoms with Gasteiger partial charge < -0.3 is 19.9 Å². The lowest BCUT2D eigenvalue weighted by Gasteiger charge is -2.36. The van der Waals surface area contributed by atoms with E-state index >= 15 is 0 Å². The van der Waals surface area contributed by atoms with Crippen molar-refractivity contribution in [2.45, 2.75) is 13.3 Å². The predicted octanol–water partition coefficient (Wildman–Crippen LogP) is 2.57. The maximum atomic E-state index is 5.77. The van der Waals surface area contributed by atoms with Crippen LogP contribution in [0.25, 0.3) is 0 Å². The van der Waals surface area contributed by atoms with E-state index in [0.717, 1.165) is 56.8 Å². The Morgan fingerprint density at radius 2 is 1.79 bits per heavy atom. The van der Waals surface area contributed by atoms with Crippen LogP contribution < -0.4 is 15.0 Å². The van der Waals surface area contributed by atoms with Crippen LogP contribution in [-0.4, -0.2) is 67.2 Å². The second-order valence-electron chi connectivity index (χ2n) is 6.51. The minimum Gasteiger partial charge on any atom is -0.494 e. The lowest BCUT2D eigenvalue weighted by molar-refractivity contribution is 0.308. The van der Waals surface area contributed by atoms with Gasteiger partial charge in [0.25, 0.3) is 0 Å². The highest BCUT2D eigenvalue weighted by Crippen LogP contribution is 2.12. The number of rotatable bonds is 6. The van der Waals surface area contributed by atoms with Crippen molar-refractivity contribution in [1.82, 2.24) is 20.2 Å². The first-order valence-corrected chi connectivity index (χ1v) is 9.43.